The first-order valence-electron chi connectivity index (χ1n) is 8.43. The molecule has 5 nitrogen and oxygen atoms in total. The molecule has 5 heteroatoms. The van der Waals surface area contributed by atoms with Crippen molar-refractivity contribution >= 4 is 5.91 Å². The molecule has 0 bridgehead atoms. The first-order chi connectivity index (χ1) is 11.8. The third kappa shape index (κ3) is 4.17. The van der Waals surface area contributed by atoms with Gasteiger partial charge in [-0.2, -0.15) is 0 Å². The van der Waals surface area contributed by atoms with Gasteiger partial charge in [0.15, 0.2) is 0 Å². The lowest BCUT2D eigenvalue weighted by atomic mass is 10.1. The number of aryl methyl sites for hydroxylation is 1. The van der Waals surface area contributed by atoms with E-state index in [1.807, 2.05) is 17.0 Å². The van der Waals surface area contributed by atoms with E-state index in [2.05, 4.69) is 17.0 Å². The number of nitrogens with zero attached hydrogens (tertiary/aromatic N) is 2. The number of hydrogen-bond acceptors (Lipinski definition) is 4. The van der Waals surface area contributed by atoms with Crippen molar-refractivity contribution in [2.24, 2.45) is 0 Å². The third-order valence-corrected chi connectivity index (χ3v) is 4.50. The van der Waals surface area contributed by atoms with Gasteiger partial charge in [-0.1, -0.05) is 12.1 Å². The highest BCUT2D eigenvalue weighted by atomic mass is 16.5. The van der Waals surface area contributed by atoms with Crippen LogP contribution >= 0.6 is 0 Å². The van der Waals surface area contributed by atoms with Crippen LogP contribution in [0.5, 0.6) is 5.75 Å². The molecule has 1 fully saturated rings. The lowest BCUT2D eigenvalue weighted by molar-refractivity contribution is 0.0635. The number of hydrogen-bond donors (Lipinski definition) is 0. The number of piperazine rings is 1. The number of carbonyl (C=O) groups excluding carboxylic acids is 1. The number of amides is 1. The highest BCUT2D eigenvalue weighted by molar-refractivity contribution is 5.93. The normalized spacial score (nSPS) is 15.5. The fraction of sp³-hybridized carbons (Fsp3) is 0.421. The molecule has 1 aliphatic heterocycles. The predicted molar refractivity (Wildman–Crippen MR) is 92.4 cm³/mol. The van der Waals surface area contributed by atoms with Gasteiger partial charge in [-0.3, -0.25) is 9.69 Å². The van der Waals surface area contributed by atoms with Crippen LogP contribution < -0.4 is 4.74 Å². The molecule has 3 rings (SSSR count). The molecule has 2 aromatic rings. The molecule has 0 atom stereocenters. The van der Waals surface area contributed by atoms with Gasteiger partial charge in [-0.05, 0) is 43.1 Å². The average Bonchev–Trinajstić information content (AvgIpc) is 3.16. The maximum atomic E-state index is 12.3. The zero-order valence-corrected chi connectivity index (χ0v) is 14.1. The van der Waals surface area contributed by atoms with Gasteiger partial charge in [0.1, 0.15) is 12.0 Å². The Morgan fingerprint density at radius 3 is 2.75 bits per heavy atom. The summed E-state index contributed by atoms with van der Waals surface area (Å²) >= 11 is 0. The van der Waals surface area contributed by atoms with Crippen LogP contribution in [0.1, 0.15) is 22.3 Å². The molecule has 0 aliphatic carbocycles. The Morgan fingerprint density at radius 2 is 2.04 bits per heavy atom. The highest BCUT2D eigenvalue weighted by Gasteiger charge is 2.22. The van der Waals surface area contributed by atoms with Crippen molar-refractivity contribution in [3.63, 3.8) is 0 Å². The largest absolute Gasteiger partial charge is 0.497 e. The lowest BCUT2D eigenvalue weighted by Crippen LogP contribution is -2.48. The van der Waals surface area contributed by atoms with Crippen molar-refractivity contribution in [3.05, 3.63) is 54.0 Å². The van der Waals surface area contributed by atoms with E-state index in [1.165, 1.54) is 11.8 Å². The van der Waals surface area contributed by atoms with Crippen LogP contribution in [0.4, 0.5) is 0 Å². The van der Waals surface area contributed by atoms with Crippen molar-refractivity contribution in [3.8, 4) is 5.75 Å². The van der Waals surface area contributed by atoms with Gasteiger partial charge in [0, 0.05) is 26.2 Å². The lowest BCUT2D eigenvalue weighted by Gasteiger charge is -2.34. The van der Waals surface area contributed by atoms with Crippen LogP contribution in [0.25, 0.3) is 0 Å². The van der Waals surface area contributed by atoms with Gasteiger partial charge < -0.3 is 14.1 Å². The zero-order valence-electron chi connectivity index (χ0n) is 14.1. The van der Waals surface area contributed by atoms with Crippen LogP contribution in [0.3, 0.4) is 0 Å². The van der Waals surface area contributed by atoms with Gasteiger partial charge >= 0.3 is 0 Å². The highest BCUT2D eigenvalue weighted by Crippen LogP contribution is 2.15. The molecule has 128 valence electrons. The fourth-order valence-electron chi connectivity index (χ4n) is 3.08. The summed E-state index contributed by atoms with van der Waals surface area (Å²) in [6.07, 6.45) is 5.22. The number of carbonyl (C=O) groups is 1. The van der Waals surface area contributed by atoms with Gasteiger partial charge in [-0.15, -0.1) is 0 Å². The summed E-state index contributed by atoms with van der Waals surface area (Å²) in [6, 6.07) is 9.97. The summed E-state index contributed by atoms with van der Waals surface area (Å²) in [5.74, 6) is 0.985. The molecular weight excluding hydrogens is 304 g/mol. The van der Waals surface area contributed by atoms with Gasteiger partial charge in [-0.25, -0.2) is 0 Å². The van der Waals surface area contributed by atoms with E-state index in [4.69, 9.17) is 9.15 Å². The molecule has 1 saturated heterocycles. The van der Waals surface area contributed by atoms with E-state index < -0.39 is 0 Å². The summed E-state index contributed by atoms with van der Waals surface area (Å²) in [4.78, 5) is 16.6. The minimum atomic E-state index is 0.0692. The number of ether oxygens (including phenoxy) is 1. The molecule has 0 spiro atoms. The van der Waals surface area contributed by atoms with E-state index >= 15 is 0 Å². The second-order valence-corrected chi connectivity index (χ2v) is 6.10. The standard InChI is InChI=1S/C19H24N2O3/c1-23-18-6-2-4-16(14-18)5-3-8-20-9-11-21(12-10-20)19(22)17-7-13-24-15-17/h2,4,6-7,13-15H,3,5,8-12H2,1H3. The van der Waals surface area contributed by atoms with E-state index in [-0.39, 0.29) is 5.91 Å². The quantitative estimate of drug-likeness (QED) is 0.818. The monoisotopic (exact) mass is 328 g/mol. The van der Waals surface area contributed by atoms with Crippen LogP contribution in [0.15, 0.2) is 47.3 Å². The summed E-state index contributed by atoms with van der Waals surface area (Å²) in [6.45, 7) is 4.49. The van der Waals surface area contributed by atoms with Crippen LogP contribution in [0.2, 0.25) is 0 Å². The Balaban J connectivity index is 1.40. The van der Waals surface area contributed by atoms with Gasteiger partial charge in [0.2, 0.25) is 0 Å². The first kappa shape index (κ1) is 16.6. The van der Waals surface area contributed by atoms with Crippen molar-refractivity contribution in [1.29, 1.82) is 0 Å². The Hall–Kier alpha value is -2.27. The SMILES string of the molecule is COc1cccc(CCCN2CCN(C(=O)c3ccoc3)CC2)c1. The van der Waals surface area contributed by atoms with E-state index in [0.717, 1.165) is 51.3 Å². The summed E-state index contributed by atoms with van der Waals surface area (Å²) in [7, 11) is 1.70. The molecule has 0 saturated carbocycles. The maximum Gasteiger partial charge on any atom is 0.257 e. The molecule has 1 amide bonds. The fourth-order valence-corrected chi connectivity index (χ4v) is 3.08. The maximum absolute atomic E-state index is 12.3. The Morgan fingerprint density at radius 1 is 1.21 bits per heavy atom. The smallest absolute Gasteiger partial charge is 0.257 e. The molecule has 0 N–H and O–H groups in total. The van der Waals surface area contributed by atoms with Crippen molar-refractivity contribution < 1.29 is 13.9 Å². The zero-order chi connectivity index (χ0) is 16.8. The molecule has 1 aliphatic rings. The minimum Gasteiger partial charge on any atom is -0.497 e. The summed E-state index contributed by atoms with van der Waals surface area (Å²) < 4.78 is 10.3. The second-order valence-electron chi connectivity index (χ2n) is 6.10. The first-order valence-corrected chi connectivity index (χ1v) is 8.43. The molecule has 24 heavy (non-hydrogen) atoms. The van der Waals surface area contributed by atoms with Crippen LogP contribution in [-0.4, -0.2) is 55.5 Å². The van der Waals surface area contributed by atoms with Crippen molar-refractivity contribution in [2.45, 2.75) is 12.8 Å². The van der Waals surface area contributed by atoms with Crippen molar-refractivity contribution in [2.75, 3.05) is 39.8 Å². The van der Waals surface area contributed by atoms with Crippen LogP contribution in [-0.2, 0) is 6.42 Å². The Bertz CT molecular complexity index is 646. The summed E-state index contributed by atoms with van der Waals surface area (Å²) in [5, 5.41) is 0. The Labute approximate surface area is 142 Å². The molecule has 1 aromatic heterocycles. The minimum absolute atomic E-state index is 0.0692. The molecule has 1 aromatic carbocycles. The van der Waals surface area contributed by atoms with Gasteiger partial charge in [0.05, 0.1) is 18.9 Å². The Kier molecular flexibility index (Phi) is 5.54. The van der Waals surface area contributed by atoms with E-state index in [0.29, 0.717) is 5.56 Å². The average molecular weight is 328 g/mol. The molecule has 0 radical (unpaired) electrons. The van der Waals surface area contributed by atoms with Crippen molar-refractivity contribution in [1.82, 2.24) is 9.80 Å². The number of methoxy groups -OCH3 is 1. The van der Waals surface area contributed by atoms with E-state index in [1.54, 1.807) is 19.4 Å². The van der Waals surface area contributed by atoms with E-state index in [9.17, 15) is 4.79 Å². The summed E-state index contributed by atoms with van der Waals surface area (Å²) in [5.41, 5.74) is 1.95. The third-order valence-electron chi connectivity index (χ3n) is 4.50. The number of furan rings is 1. The molecule has 0 unspecified atom stereocenters. The topological polar surface area (TPSA) is 45.9 Å². The second kappa shape index (κ2) is 8.02. The predicted octanol–water partition coefficient (Wildman–Crippen LogP) is 2.68. The van der Waals surface area contributed by atoms with Gasteiger partial charge in [0.25, 0.3) is 5.91 Å². The number of benzene rings is 1. The molecular formula is C19H24N2O3. The number of rotatable bonds is 6. The van der Waals surface area contributed by atoms with Crippen LogP contribution in [0, 0.1) is 0 Å². The molecule has 2 heterocycles.